The molecule has 1 aromatic carbocycles. The smallest absolute Gasteiger partial charge is 0.311 e. The fourth-order valence-corrected chi connectivity index (χ4v) is 5.23. The van der Waals surface area contributed by atoms with Crippen LogP contribution in [0.25, 0.3) is 5.00 Å². The van der Waals surface area contributed by atoms with Crippen molar-refractivity contribution in [3.63, 3.8) is 0 Å². The summed E-state index contributed by atoms with van der Waals surface area (Å²) in [7, 11) is 1.41. The minimum atomic E-state index is -0.506. The van der Waals surface area contributed by atoms with Gasteiger partial charge in [-0.1, -0.05) is 30.7 Å². The monoisotopic (exact) mass is 442 g/mol. The summed E-state index contributed by atoms with van der Waals surface area (Å²) in [6.07, 6.45) is 0.576. The Morgan fingerprint density at radius 3 is 2.57 bits per heavy atom. The van der Waals surface area contributed by atoms with Gasteiger partial charge < -0.3 is 4.74 Å². The Morgan fingerprint density at radius 1 is 1.23 bits per heavy atom. The number of methoxy groups -OCH3 is 1. The maximum absolute atomic E-state index is 12.6. The molecule has 0 radical (unpaired) electrons. The molecular formula is C22H23ClN4O2S. The highest BCUT2D eigenvalue weighted by molar-refractivity contribution is 7.15. The summed E-state index contributed by atoms with van der Waals surface area (Å²) in [5, 5.41) is 10.5. The molecule has 0 amide bonds. The predicted molar refractivity (Wildman–Crippen MR) is 119 cm³/mol. The van der Waals surface area contributed by atoms with Crippen molar-refractivity contribution in [3.8, 4) is 5.00 Å². The summed E-state index contributed by atoms with van der Waals surface area (Å²) >= 11 is 7.82. The lowest BCUT2D eigenvalue weighted by Crippen LogP contribution is -2.24. The van der Waals surface area contributed by atoms with Crippen LogP contribution in [-0.4, -0.2) is 33.6 Å². The molecule has 0 spiro atoms. The number of carbonyl (C=O) groups excluding carboxylic acids is 1. The number of benzene rings is 1. The molecule has 2 aromatic heterocycles. The van der Waals surface area contributed by atoms with Gasteiger partial charge in [-0.3, -0.25) is 14.4 Å². The first-order chi connectivity index (χ1) is 14.4. The lowest BCUT2D eigenvalue weighted by molar-refractivity contribution is -0.146. The molecule has 3 aromatic rings. The highest BCUT2D eigenvalue weighted by Crippen LogP contribution is 2.41. The number of aromatic nitrogens is 3. The molecule has 0 bridgehead atoms. The fraction of sp³-hybridized carbons (Fsp3) is 0.364. The number of ether oxygens (including phenoxy) is 1. The van der Waals surface area contributed by atoms with Gasteiger partial charge >= 0.3 is 5.97 Å². The van der Waals surface area contributed by atoms with Gasteiger partial charge in [0.1, 0.15) is 16.9 Å². The molecule has 0 aliphatic carbocycles. The molecule has 156 valence electrons. The average molecular weight is 443 g/mol. The SMILES string of the molecule is CC[C@@H](C(=O)OC)C1N=C(c2ccc(Cl)cc2)c2c(sc(C)c2C)-n2c(C)nnc21. The van der Waals surface area contributed by atoms with Crippen molar-refractivity contribution in [3.05, 3.63) is 62.5 Å². The molecule has 30 heavy (non-hydrogen) atoms. The van der Waals surface area contributed by atoms with Crippen molar-refractivity contribution in [1.82, 2.24) is 14.8 Å². The number of fused-ring (bicyclic) bond motifs is 3. The number of rotatable bonds is 4. The summed E-state index contributed by atoms with van der Waals surface area (Å²) in [5.74, 6) is 0.670. The van der Waals surface area contributed by atoms with Crippen LogP contribution < -0.4 is 0 Å². The first-order valence-corrected chi connectivity index (χ1v) is 11.0. The zero-order valence-corrected chi connectivity index (χ0v) is 19.1. The van der Waals surface area contributed by atoms with Gasteiger partial charge in [0.2, 0.25) is 0 Å². The molecule has 4 rings (SSSR count). The Morgan fingerprint density at radius 2 is 1.93 bits per heavy atom. The molecule has 8 heteroatoms. The Hall–Kier alpha value is -2.51. The molecule has 0 saturated heterocycles. The quantitative estimate of drug-likeness (QED) is 0.533. The van der Waals surface area contributed by atoms with Crippen molar-refractivity contribution in [2.75, 3.05) is 7.11 Å². The van der Waals surface area contributed by atoms with Crippen LogP contribution in [0.15, 0.2) is 29.3 Å². The van der Waals surface area contributed by atoms with Gasteiger partial charge in [0.15, 0.2) is 5.82 Å². The number of thiophene rings is 1. The molecule has 0 fully saturated rings. The van der Waals surface area contributed by atoms with Gasteiger partial charge in [0.25, 0.3) is 0 Å². The van der Waals surface area contributed by atoms with E-state index in [1.807, 2.05) is 42.7 Å². The second kappa shape index (κ2) is 7.96. The Bertz CT molecular complexity index is 1150. The van der Waals surface area contributed by atoms with Crippen LogP contribution in [0.1, 0.15) is 52.6 Å². The van der Waals surface area contributed by atoms with Crippen LogP contribution >= 0.6 is 22.9 Å². The Kier molecular flexibility index (Phi) is 5.51. The van der Waals surface area contributed by atoms with E-state index in [2.05, 4.69) is 24.0 Å². The maximum Gasteiger partial charge on any atom is 0.311 e. The number of carbonyl (C=O) groups is 1. The predicted octanol–water partition coefficient (Wildman–Crippen LogP) is 5.00. The normalized spacial score (nSPS) is 16.3. The number of halogens is 1. The van der Waals surface area contributed by atoms with E-state index in [0.717, 1.165) is 33.2 Å². The van der Waals surface area contributed by atoms with Gasteiger partial charge in [0, 0.05) is 21.0 Å². The van der Waals surface area contributed by atoms with Gasteiger partial charge in [-0.15, -0.1) is 21.5 Å². The highest BCUT2D eigenvalue weighted by Gasteiger charge is 2.38. The third kappa shape index (κ3) is 3.26. The summed E-state index contributed by atoms with van der Waals surface area (Å²) in [5.41, 5.74) is 3.99. The first-order valence-electron chi connectivity index (χ1n) is 9.81. The summed E-state index contributed by atoms with van der Waals surface area (Å²) in [6.45, 7) is 8.10. The molecule has 2 atom stereocenters. The van der Waals surface area contributed by atoms with E-state index in [9.17, 15) is 4.79 Å². The maximum atomic E-state index is 12.6. The highest BCUT2D eigenvalue weighted by atomic mass is 35.5. The number of esters is 1. The summed E-state index contributed by atoms with van der Waals surface area (Å²) in [6, 6.07) is 7.14. The molecule has 0 N–H and O–H groups in total. The van der Waals surface area contributed by atoms with E-state index in [1.54, 1.807) is 11.3 Å². The number of hydrogen-bond donors (Lipinski definition) is 0. The van der Waals surface area contributed by atoms with Crippen molar-refractivity contribution >= 4 is 34.6 Å². The Balaban J connectivity index is 2.05. The first kappa shape index (κ1) is 20.8. The summed E-state index contributed by atoms with van der Waals surface area (Å²) < 4.78 is 7.14. The van der Waals surface area contributed by atoms with Gasteiger partial charge in [-0.2, -0.15) is 0 Å². The third-order valence-corrected chi connectivity index (χ3v) is 7.08. The third-order valence-electron chi connectivity index (χ3n) is 5.63. The van der Waals surface area contributed by atoms with Gasteiger partial charge in [-0.05, 0) is 44.9 Å². The van der Waals surface area contributed by atoms with Gasteiger partial charge in [0.05, 0.1) is 18.7 Å². The second-order valence-electron chi connectivity index (χ2n) is 7.37. The van der Waals surface area contributed by atoms with Crippen LogP contribution in [-0.2, 0) is 9.53 Å². The Labute approximate surface area is 184 Å². The van der Waals surface area contributed by atoms with Crippen molar-refractivity contribution in [2.45, 2.75) is 40.2 Å². The minimum Gasteiger partial charge on any atom is -0.469 e. The molecule has 1 aliphatic heterocycles. The van der Waals surface area contributed by atoms with E-state index in [4.69, 9.17) is 21.3 Å². The lowest BCUT2D eigenvalue weighted by atomic mass is 9.95. The second-order valence-corrected chi connectivity index (χ2v) is 9.01. The molecule has 1 unspecified atom stereocenters. The zero-order valence-electron chi connectivity index (χ0n) is 17.6. The zero-order chi connectivity index (χ0) is 21.6. The average Bonchev–Trinajstić information content (AvgIpc) is 3.20. The molecule has 0 saturated carbocycles. The van der Waals surface area contributed by atoms with E-state index in [0.29, 0.717) is 17.3 Å². The number of aryl methyl sites for hydroxylation is 2. The standard InChI is InChI=1S/C22H23ClN4O2S/c1-6-16(22(28)29-5)19-20-26-25-13(4)27(20)21-17(11(2)12(3)30-21)18(24-19)14-7-9-15(23)10-8-14/h7-10,16,19H,6H2,1-5H3/t16-,19?/m1/s1. The molecule has 3 heterocycles. The minimum absolute atomic E-state index is 0.299. The fourth-order valence-electron chi connectivity index (χ4n) is 3.89. The van der Waals surface area contributed by atoms with Crippen LogP contribution in [0.2, 0.25) is 5.02 Å². The van der Waals surface area contributed by atoms with Crippen LogP contribution in [0.5, 0.6) is 0 Å². The summed E-state index contributed by atoms with van der Waals surface area (Å²) in [4.78, 5) is 19.0. The topological polar surface area (TPSA) is 69.4 Å². The van der Waals surface area contributed by atoms with Crippen molar-refractivity contribution in [2.24, 2.45) is 10.9 Å². The molecule has 1 aliphatic rings. The van der Waals surface area contributed by atoms with Crippen LogP contribution in [0.4, 0.5) is 0 Å². The van der Waals surface area contributed by atoms with E-state index in [1.165, 1.54) is 12.0 Å². The van der Waals surface area contributed by atoms with Gasteiger partial charge in [-0.25, -0.2) is 0 Å². The van der Waals surface area contributed by atoms with Crippen molar-refractivity contribution in [1.29, 1.82) is 0 Å². The van der Waals surface area contributed by atoms with Crippen molar-refractivity contribution < 1.29 is 9.53 Å². The van der Waals surface area contributed by atoms with E-state index < -0.39 is 12.0 Å². The largest absolute Gasteiger partial charge is 0.469 e. The number of aliphatic imine (C=N–C) groups is 1. The number of nitrogens with zero attached hydrogens (tertiary/aromatic N) is 4. The van der Waals surface area contributed by atoms with Crippen LogP contribution in [0.3, 0.4) is 0 Å². The van der Waals surface area contributed by atoms with Crippen LogP contribution in [0, 0.1) is 26.7 Å². The van der Waals surface area contributed by atoms with E-state index in [-0.39, 0.29) is 5.97 Å². The molecular weight excluding hydrogens is 420 g/mol. The molecule has 6 nitrogen and oxygen atoms in total. The number of hydrogen-bond acceptors (Lipinski definition) is 6. The van der Waals surface area contributed by atoms with E-state index >= 15 is 0 Å². The lowest BCUT2D eigenvalue weighted by Gasteiger charge is -2.20.